The van der Waals surface area contributed by atoms with Crippen molar-refractivity contribution in [3.8, 4) is 0 Å². The third kappa shape index (κ3) is 5.51. The molecule has 0 saturated heterocycles. The van der Waals surface area contributed by atoms with E-state index in [-0.39, 0.29) is 0 Å². The number of thiophene rings is 1. The minimum Gasteiger partial charge on any atom is -0.135 e. The molecule has 0 aliphatic rings. The SMILES string of the molecule is C/C=c1\c(=C/C=C(C)C)sc2ccc(C)cc12.CC.CC. The number of aryl methyl sites for hydroxylation is 1. The van der Waals surface area contributed by atoms with Crippen molar-refractivity contribution in [2.45, 2.75) is 55.4 Å². The monoisotopic (exact) mass is 302 g/mol. The quantitative estimate of drug-likeness (QED) is 0.623. The van der Waals surface area contributed by atoms with E-state index >= 15 is 0 Å². The molecule has 1 aromatic carbocycles. The molecule has 0 bridgehead atoms. The van der Waals surface area contributed by atoms with Crippen molar-refractivity contribution in [1.82, 2.24) is 0 Å². The van der Waals surface area contributed by atoms with E-state index < -0.39 is 0 Å². The molecule has 0 saturated carbocycles. The van der Waals surface area contributed by atoms with Crippen LogP contribution in [-0.4, -0.2) is 0 Å². The third-order valence-electron chi connectivity index (χ3n) is 2.77. The maximum Gasteiger partial charge on any atom is 0.0355 e. The van der Waals surface area contributed by atoms with Crippen LogP contribution < -0.4 is 9.75 Å². The van der Waals surface area contributed by atoms with Crippen LogP contribution in [0.25, 0.3) is 22.2 Å². The van der Waals surface area contributed by atoms with Crippen LogP contribution in [-0.2, 0) is 0 Å². The van der Waals surface area contributed by atoms with Gasteiger partial charge in [-0.15, -0.1) is 11.3 Å². The van der Waals surface area contributed by atoms with Gasteiger partial charge in [0.25, 0.3) is 0 Å². The summed E-state index contributed by atoms with van der Waals surface area (Å²) in [7, 11) is 0. The average molecular weight is 303 g/mol. The normalized spacial score (nSPS) is 11.4. The van der Waals surface area contributed by atoms with Crippen molar-refractivity contribution in [2.75, 3.05) is 0 Å². The second-order valence-electron chi connectivity index (χ2n) is 4.58. The topological polar surface area (TPSA) is 0 Å². The lowest BCUT2D eigenvalue weighted by Gasteiger charge is -1.91. The summed E-state index contributed by atoms with van der Waals surface area (Å²) in [4.78, 5) is 0. The Bertz CT molecular complexity index is 680. The molecule has 1 heterocycles. The number of hydrogen-bond donors (Lipinski definition) is 0. The molecule has 21 heavy (non-hydrogen) atoms. The van der Waals surface area contributed by atoms with Crippen molar-refractivity contribution in [3.05, 3.63) is 45.2 Å². The zero-order chi connectivity index (χ0) is 16.4. The Morgan fingerprint density at radius 3 is 2.19 bits per heavy atom. The minimum absolute atomic E-state index is 1.33. The first kappa shape index (κ1) is 19.7. The van der Waals surface area contributed by atoms with Gasteiger partial charge in [-0.2, -0.15) is 0 Å². The molecule has 116 valence electrons. The van der Waals surface area contributed by atoms with Crippen LogP contribution >= 0.6 is 11.3 Å². The Kier molecular flexibility index (Phi) is 9.73. The largest absolute Gasteiger partial charge is 0.135 e. The summed E-state index contributed by atoms with van der Waals surface area (Å²) in [5.74, 6) is 0. The summed E-state index contributed by atoms with van der Waals surface area (Å²) < 4.78 is 2.73. The van der Waals surface area contributed by atoms with Crippen LogP contribution in [0.1, 0.15) is 54.0 Å². The summed E-state index contributed by atoms with van der Waals surface area (Å²) in [5, 5.41) is 2.75. The number of hydrogen-bond acceptors (Lipinski definition) is 1. The summed E-state index contributed by atoms with van der Waals surface area (Å²) in [6.45, 7) is 16.5. The molecule has 1 heteroatoms. The molecule has 0 atom stereocenters. The van der Waals surface area contributed by atoms with Gasteiger partial charge in [0, 0.05) is 14.6 Å². The molecule has 1 aromatic heterocycles. The van der Waals surface area contributed by atoms with Crippen molar-refractivity contribution in [2.24, 2.45) is 0 Å². The molecule has 0 aliphatic carbocycles. The van der Waals surface area contributed by atoms with Crippen LogP contribution in [0.3, 0.4) is 0 Å². The van der Waals surface area contributed by atoms with Crippen LogP contribution in [0.4, 0.5) is 0 Å². The highest BCUT2D eigenvalue weighted by Gasteiger charge is 1.99. The van der Waals surface area contributed by atoms with Crippen molar-refractivity contribution in [3.63, 3.8) is 0 Å². The van der Waals surface area contributed by atoms with Crippen molar-refractivity contribution < 1.29 is 0 Å². The molecule has 0 fully saturated rings. The highest BCUT2D eigenvalue weighted by atomic mass is 32.1. The van der Waals surface area contributed by atoms with E-state index in [4.69, 9.17) is 0 Å². The van der Waals surface area contributed by atoms with Gasteiger partial charge < -0.3 is 0 Å². The molecule has 0 nitrogen and oxygen atoms in total. The fourth-order valence-electron chi connectivity index (χ4n) is 1.91. The van der Waals surface area contributed by atoms with E-state index in [2.05, 4.69) is 64.1 Å². The van der Waals surface area contributed by atoms with Crippen molar-refractivity contribution >= 4 is 33.6 Å². The van der Waals surface area contributed by atoms with E-state index in [9.17, 15) is 0 Å². The molecule has 2 rings (SSSR count). The molecule has 0 unspecified atom stereocenters. The smallest absolute Gasteiger partial charge is 0.0355 e. The van der Waals surface area contributed by atoms with Crippen molar-refractivity contribution in [1.29, 1.82) is 0 Å². The molecular weight excluding hydrogens is 272 g/mol. The maximum atomic E-state index is 2.28. The molecule has 0 spiro atoms. The van der Waals surface area contributed by atoms with Gasteiger partial charge in [-0.25, -0.2) is 0 Å². The Labute approximate surface area is 134 Å². The summed E-state index contributed by atoms with van der Waals surface area (Å²) >= 11 is 1.87. The summed E-state index contributed by atoms with van der Waals surface area (Å²) in [6, 6.07) is 6.69. The standard InChI is InChI=1S/C16H18S.2C2H6/c1-5-13-14-10-12(4)7-9-16(14)17-15(13)8-6-11(2)3;2*1-2/h5-10H,1-4H3;2*1-2H3/b13-5-,15-8+;;. The van der Waals surface area contributed by atoms with E-state index in [1.165, 1.54) is 31.0 Å². The van der Waals surface area contributed by atoms with E-state index in [0.717, 1.165) is 0 Å². The Balaban J connectivity index is 0.000000921. The molecular formula is C20H30S. The van der Waals surface area contributed by atoms with E-state index in [1.54, 1.807) is 0 Å². The second kappa shape index (κ2) is 10.4. The first-order valence-corrected chi connectivity index (χ1v) is 8.74. The molecule has 0 aliphatic heterocycles. The van der Waals surface area contributed by atoms with Crippen LogP contribution in [0.2, 0.25) is 0 Å². The van der Waals surface area contributed by atoms with Gasteiger partial charge in [0.2, 0.25) is 0 Å². The lowest BCUT2D eigenvalue weighted by Crippen LogP contribution is -2.17. The van der Waals surface area contributed by atoms with Gasteiger partial charge in [-0.3, -0.25) is 0 Å². The van der Waals surface area contributed by atoms with E-state index in [0.29, 0.717) is 0 Å². The second-order valence-corrected chi connectivity index (χ2v) is 5.66. The zero-order valence-electron chi connectivity index (χ0n) is 14.9. The number of allylic oxidation sites excluding steroid dienone is 2. The first-order valence-electron chi connectivity index (χ1n) is 7.92. The lowest BCUT2D eigenvalue weighted by atomic mass is 10.1. The fourth-order valence-corrected chi connectivity index (χ4v) is 3.04. The predicted octanol–water partition coefficient (Wildman–Crippen LogP) is 5.81. The number of rotatable bonds is 1. The Hall–Kier alpha value is -1.34. The first-order chi connectivity index (χ1) is 10.1. The maximum absolute atomic E-state index is 2.28. The Morgan fingerprint density at radius 2 is 1.67 bits per heavy atom. The molecule has 0 radical (unpaired) electrons. The molecule has 0 N–H and O–H groups in total. The lowest BCUT2D eigenvalue weighted by molar-refractivity contribution is 1.40. The third-order valence-corrected chi connectivity index (χ3v) is 3.92. The number of benzene rings is 1. The zero-order valence-corrected chi connectivity index (χ0v) is 15.7. The Morgan fingerprint density at radius 1 is 1.05 bits per heavy atom. The van der Waals surface area contributed by atoms with Gasteiger partial charge in [0.15, 0.2) is 0 Å². The van der Waals surface area contributed by atoms with E-state index in [1.807, 2.05) is 39.0 Å². The van der Waals surface area contributed by atoms with Crippen LogP contribution in [0.15, 0.2) is 29.8 Å². The molecule has 0 amide bonds. The highest BCUT2D eigenvalue weighted by molar-refractivity contribution is 7.17. The van der Waals surface area contributed by atoms with Crippen LogP contribution in [0, 0.1) is 6.92 Å². The van der Waals surface area contributed by atoms with Gasteiger partial charge in [-0.05, 0) is 51.1 Å². The predicted molar refractivity (Wildman–Crippen MR) is 103 cm³/mol. The number of fused-ring (bicyclic) bond motifs is 1. The van der Waals surface area contributed by atoms with Gasteiger partial charge >= 0.3 is 0 Å². The summed E-state index contributed by atoms with van der Waals surface area (Å²) in [6.07, 6.45) is 6.62. The summed E-state index contributed by atoms with van der Waals surface area (Å²) in [5.41, 5.74) is 2.66. The van der Waals surface area contributed by atoms with Gasteiger partial charge in [0.1, 0.15) is 0 Å². The highest BCUT2D eigenvalue weighted by Crippen LogP contribution is 2.14. The van der Waals surface area contributed by atoms with Crippen LogP contribution in [0.5, 0.6) is 0 Å². The average Bonchev–Trinajstić information content (AvgIpc) is 2.86. The fraction of sp³-hybridized carbons (Fsp3) is 0.400. The minimum atomic E-state index is 1.33. The van der Waals surface area contributed by atoms with Gasteiger partial charge in [0.05, 0.1) is 0 Å². The van der Waals surface area contributed by atoms with Gasteiger partial charge in [-0.1, -0.05) is 57.0 Å². The molecule has 2 aromatic rings.